The lowest BCUT2D eigenvalue weighted by atomic mass is 10.1. The first-order valence-electron chi connectivity index (χ1n) is 9.90. The SMILES string of the molecule is CN1CCC/C1=N\S(=O)(=O)c1cccc(NC(=O)/C=C/c2cccc3cccnc23)c1. The van der Waals surface area contributed by atoms with Crippen molar-refractivity contribution in [3.63, 3.8) is 0 Å². The van der Waals surface area contributed by atoms with E-state index in [1.807, 2.05) is 42.3 Å². The normalized spacial score (nSPS) is 15.8. The number of benzene rings is 2. The molecule has 31 heavy (non-hydrogen) atoms. The van der Waals surface area contributed by atoms with Crippen LogP contribution >= 0.6 is 0 Å². The van der Waals surface area contributed by atoms with Gasteiger partial charge in [-0.25, -0.2) is 0 Å². The molecule has 0 radical (unpaired) electrons. The molecule has 7 nitrogen and oxygen atoms in total. The van der Waals surface area contributed by atoms with Crippen molar-refractivity contribution in [2.75, 3.05) is 18.9 Å². The van der Waals surface area contributed by atoms with Gasteiger partial charge >= 0.3 is 0 Å². The third kappa shape index (κ3) is 4.80. The minimum absolute atomic E-state index is 0.0420. The summed E-state index contributed by atoms with van der Waals surface area (Å²) in [4.78, 5) is 18.7. The zero-order valence-corrected chi connectivity index (χ0v) is 17.8. The first-order chi connectivity index (χ1) is 14.9. The standard InChI is InChI=1S/C23H22N4O3S/c1-27-15-5-11-21(27)26-31(29,30)20-10-3-9-19(16-20)25-22(28)13-12-18-7-2-6-17-8-4-14-24-23(17)18/h2-4,6-10,12-14,16H,5,11,15H2,1H3,(H,25,28)/b13-12+,26-21+. The fourth-order valence-corrected chi connectivity index (χ4v) is 4.59. The molecule has 1 saturated heterocycles. The number of amides is 1. The highest BCUT2D eigenvalue weighted by Gasteiger charge is 2.20. The molecule has 0 bridgehead atoms. The van der Waals surface area contributed by atoms with Crippen molar-refractivity contribution in [3.05, 3.63) is 72.4 Å². The Bertz CT molecular complexity index is 1290. The predicted octanol–water partition coefficient (Wildman–Crippen LogP) is 3.70. The number of hydrogen-bond acceptors (Lipinski definition) is 4. The van der Waals surface area contributed by atoms with Crippen LogP contribution in [0.5, 0.6) is 0 Å². The second kappa shape index (κ2) is 8.69. The summed E-state index contributed by atoms with van der Waals surface area (Å²) in [6, 6.07) is 15.7. The Hall–Kier alpha value is -3.52. The monoisotopic (exact) mass is 434 g/mol. The number of carbonyl (C=O) groups is 1. The quantitative estimate of drug-likeness (QED) is 0.618. The molecule has 1 amide bonds. The van der Waals surface area contributed by atoms with Crippen molar-refractivity contribution < 1.29 is 13.2 Å². The molecule has 0 unspecified atom stereocenters. The fraction of sp³-hybridized carbons (Fsp3) is 0.174. The molecule has 1 fully saturated rings. The molecule has 8 heteroatoms. The topological polar surface area (TPSA) is 91.7 Å². The summed E-state index contributed by atoms with van der Waals surface area (Å²) in [5, 5.41) is 3.69. The predicted molar refractivity (Wildman–Crippen MR) is 122 cm³/mol. The number of nitrogens with one attached hydrogen (secondary N) is 1. The van der Waals surface area contributed by atoms with Gasteiger partial charge in [-0.15, -0.1) is 4.40 Å². The van der Waals surface area contributed by atoms with Crippen LogP contribution in [0.25, 0.3) is 17.0 Å². The van der Waals surface area contributed by atoms with Crippen molar-refractivity contribution in [2.45, 2.75) is 17.7 Å². The Balaban J connectivity index is 1.51. The van der Waals surface area contributed by atoms with E-state index < -0.39 is 10.0 Å². The van der Waals surface area contributed by atoms with E-state index in [-0.39, 0.29) is 10.8 Å². The molecular formula is C23H22N4O3S. The number of rotatable bonds is 5. The molecule has 0 atom stereocenters. The summed E-state index contributed by atoms with van der Waals surface area (Å²) in [6.45, 7) is 0.795. The summed E-state index contributed by atoms with van der Waals surface area (Å²) in [5.74, 6) is 0.186. The number of pyridine rings is 1. The van der Waals surface area contributed by atoms with Crippen LogP contribution in [0.1, 0.15) is 18.4 Å². The molecule has 2 heterocycles. The number of para-hydroxylation sites is 1. The Morgan fingerprint density at radius 2 is 1.97 bits per heavy atom. The van der Waals surface area contributed by atoms with Crippen LogP contribution in [0.15, 0.2) is 76.2 Å². The van der Waals surface area contributed by atoms with Crippen molar-refractivity contribution in [3.8, 4) is 0 Å². The van der Waals surface area contributed by atoms with Crippen LogP contribution in [0.2, 0.25) is 0 Å². The van der Waals surface area contributed by atoms with Gasteiger partial charge in [0.25, 0.3) is 10.0 Å². The molecule has 1 aliphatic rings. The number of likely N-dealkylation sites (tertiary alicyclic amines) is 1. The highest BCUT2D eigenvalue weighted by Crippen LogP contribution is 2.21. The zero-order chi connectivity index (χ0) is 21.8. The van der Waals surface area contributed by atoms with Crippen molar-refractivity contribution >= 4 is 44.4 Å². The van der Waals surface area contributed by atoms with Crippen molar-refractivity contribution in [2.24, 2.45) is 4.40 Å². The second-order valence-electron chi connectivity index (χ2n) is 7.28. The van der Waals surface area contributed by atoms with Gasteiger partial charge in [0.15, 0.2) is 0 Å². The number of carbonyl (C=O) groups excluding carboxylic acids is 1. The molecule has 3 aromatic rings. The van der Waals surface area contributed by atoms with E-state index in [0.29, 0.717) is 17.9 Å². The molecule has 158 valence electrons. The third-order valence-electron chi connectivity index (χ3n) is 5.04. The summed E-state index contributed by atoms with van der Waals surface area (Å²) < 4.78 is 29.3. The van der Waals surface area contributed by atoms with E-state index >= 15 is 0 Å². The number of sulfonamides is 1. The van der Waals surface area contributed by atoms with Gasteiger partial charge in [-0.2, -0.15) is 8.42 Å². The molecule has 0 aliphatic carbocycles. The van der Waals surface area contributed by atoms with E-state index in [1.165, 1.54) is 18.2 Å². The largest absolute Gasteiger partial charge is 0.362 e. The number of nitrogens with zero attached hydrogens (tertiary/aromatic N) is 3. The second-order valence-corrected chi connectivity index (χ2v) is 8.88. The lowest BCUT2D eigenvalue weighted by molar-refractivity contribution is -0.111. The maximum absolute atomic E-state index is 12.7. The van der Waals surface area contributed by atoms with Gasteiger partial charge in [-0.1, -0.05) is 30.3 Å². The summed E-state index contributed by atoms with van der Waals surface area (Å²) >= 11 is 0. The van der Waals surface area contributed by atoms with Gasteiger partial charge in [0.05, 0.1) is 10.4 Å². The van der Waals surface area contributed by atoms with E-state index in [1.54, 1.807) is 24.4 Å². The van der Waals surface area contributed by atoms with Crippen LogP contribution in [-0.4, -0.2) is 43.6 Å². The van der Waals surface area contributed by atoms with E-state index in [0.717, 1.165) is 29.4 Å². The molecule has 4 rings (SSSR count). The summed E-state index contributed by atoms with van der Waals surface area (Å²) in [5.41, 5.74) is 2.01. The number of fused-ring (bicyclic) bond motifs is 1. The van der Waals surface area contributed by atoms with Crippen LogP contribution in [0.3, 0.4) is 0 Å². The smallest absolute Gasteiger partial charge is 0.284 e. The van der Waals surface area contributed by atoms with Crippen LogP contribution in [-0.2, 0) is 14.8 Å². The average molecular weight is 435 g/mol. The van der Waals surface area contributed by atoms with Gasteiger partial charge in [0.1, 0.15) is 5.84 Å². The molecule has 2 aromatic carbocycles. The molecule has 0 spiro atoms. The highest BCUT2D eigenvalue weighted by molar-refractivity contribution is 7.90. The van der Waals surface area contributed by atoms with E-state index in [9.17, 15) is 13.2 Å². The zero-order valence-electron chi connectivity index (χ0n) is 17.0. The molecular weight excluding hydrogens is 412 g/mol. The van der Waals surface area contributed by atoms with Crippen LogP contribution < -0.4 is 5.32 Å². The Labute approximate surface area is 181 Å². The molecule has 0 saturated carbocycles. The van der Waals surface area contributed by atoms with Gasteiger partial charge < -0.3 is 10.2 Å². The van der Waals surface area contributed by atoms with Crippen molar-refractivity contribution in [1.82, 2.24) is 9.88 Å². The average Bonchev–Trinajstić information content (AvgIpc) is 3.16. The third-order valence-corrected chi connectivity index (χ3v) is 6.34. The Kier molecular flexibility index (Phi) is 5.81. The minimum atomic E-state index is -3.85. The van der Waals surface area contributed by atoms with Crippen molar-refractivity contribution in [1.29, 1.82) is 0 Å². The Morgan fingerprint density at radius 3 is 2.77 bits per heavy atom. The Morgan fingerprint density at radius 1 is 1.16 bits per heavy atom. The highest BCUT2D eigenvalue weighted by atomic mass is 32.2. The van der Waals surface area contributed by atoms with Crippen LogP contribution in [0.4, 0.5) is 5.69 Å². The number of hydrogen-bond donors (Lipinski definition) is 1. The van der Waals surface area contributed by atoms with Gasteiger partial charge in [0, 0.05) is 48.9 Å². The maximum Gasteiger partial charge on any atom is 0.284 e. The van der Waals surface area contributed by atoms with E-state index in [2.05, 4.69) is 14.7 Å². The van der Waals surface area contributed by atoms with Crippen LogP contribution in [0, 0.1) is 0 Å². The summed E-state index contributed by atoms with van der Waals surface area (Å²) in [6.07, 6.45) is 6.32. The van der Waals surface area contributed by atoms with Gasteiger partial charge in [-0.3, -0.25) is 9.78 Å². The first kappa shape index (κ1) is 20.7. The fourth-order valence-electron chi connectivity index (χ4n) is 3.45. The van der Waals surface area contributed by atoms with Gasteiger partial charge in [0.2, 0.25) is 5.91 Å². The molecule has 1 N–H and O–H groups in total. The first-order valence-corrected chi connectivity index (χ1v) is 11.3. The maximum atomic E-state index is 12.7. The lowest BCUT2D eigenvalue weighted by Crippen LogP contribution is -2.20. The molecule has 1 aliphatic heterocycles. The van der Waals surface area contributed by atoms with E-state index in [4.69, 9.17) is 0 Å². The number of aromatic nitrogens is 1. The van der Waals surface area contributed by atoms with Gasteiger partial charge in [-0.05, 0) is 36.8 Å². The molecule has 1 aromatic heterocycles. The number of amidine groups is 1. The minimum Gasteiger partial charge on any atom is -0.362 e. The summed E-state index contributed by atoms with van der Waals surface area (Å²) in [7, 11) is -2.02. The lowest BCUT2D eigenvalue weighted by Gasteiger charge is -2.11. The number of anilines is 1.